The van der Waals surface area contributed by atoms with E-state index in [1.165, 1.54) is 12.1 Å². The normalized spacial score (nSPS) is 16.2. The maximum Gasteiger partial charge on any atom is 0.240 e. The number of rotatable bonds is 6. The summed E-state index contributed by atoms with van der Waals surface area (Å²) in [4.78, 5) is -0.338. The number of benzene rings is 2. The third-order valence-electron chi connectivity index (χ3n) is 4.79. The summed E-state index contributed by atoms with van der Waals surface area (Å²) in [7, 11) is -7.84. The van der Waals surface area contributed by atoms with Crippen LogP contribution < -0.4 is 4.72 Å². The van der Waals surface area contributed by atoms with Gasteiger partial charge in [-0.3, -0.25) is 0 Å². The standard InChI is InChI=1S/C19H22FNO5S2/c1-14-2-5-18(27(22,23)17-6-3-16(20)4-7-17)12-19(14)28(24,25)21-13-15-8-10-26-11-9-15/h2-7,12,15,21H,8-11,13H2,1H3. The van der Waals surface area contributed by atoms with Crippen LogP contribution in [-0.2, 0) is 24.6 Å². The summed E-state index contributed by atoms with van der Waals surface area (Å²) in [5, 5.41) is 0. The average molecular weight is 428 g/mol. The fourth-order valence-corrected chi connectivity index (χ4v) is 5.79. The molecular weight excluding hydrogens is 405 g/mol. The molecule has 0 radical (unpaired) electrons. The van der Waals surface area contributed by atoms with Gasteiger partial charge < -0.3 is 4.74 Å². The topological polar surface area (TPSA) is 89.5 Å². The van der Waals surface area contributed by atoms with Crippen molar-refractivity contribution in [3.05, 3.63) is 53.8 Å². The van der Waals surface area contributed by atoms with Gasteiger partial charge in [0.1, 0.15) is 5.82 Å². The van der Waals surface area contributed by atoms with E-state index in [0.29, 0.717) is 18.8 Å². The van der Waals surface area contributed by atoms with Crippen LogP contribution in [0.5, 0.6) is 0 Å². The Hall–Kier alpha value is -1.81. The summed E-state index contributed by atoms with van der Waals surface area (Å²) in [5.74, 6) is -0.363. The first-order valence-corrected chi connectivity index (χ1v) is 11.9. The molecule has 152 valence electrons. The van der Waals surface area contributed by atoms with Crippen LogP contribution in [0, 0.1) is 18.7 Å². The van der Waals surface area contributed by atoms with Crippen molar-refractivity contribution in [3.8, 4) is 0 Å². The van der Waals surface area contributed by atoms with E-state index in [-0.39, 0.29) is 27.1 Å². The highest BCUT2D eigenvalue weighted by Gasteiger charge is 2.24. The molecule has 0 amide bonds. The van der Waals surface area contributed by atoms with Gasteiger partial charge in [-0.15, -0.1) is 0 Å². The van der Waals surface area contributed by atoms with Gasteiger partial charge in [-0.1, -0.05) is 6.07 Å². The molecule has 0 bridgehead atoms. The maximum atomic E-state index is 13.1. The molecule has 1 heterocycles. The number of sulfonamides is 1. The highest BCUT2D eigenvalue weighted by Crippen LogP contribution is 2.26. The fraction of sp³-hybridized carbons (Fsp3) is 0.368. The molecule has 0 spiro atoms. The van der Waals surface area contributed by atoms with Gasteiger partial charge in [0.15, 0.2) is 0 Å². The Morgan fingerprint density at radius 3 is 2.25 bits per heavy atom. The molecule has 0 unspecified atom stereocenters. The van der Waals surface area contributed by atoms with E-state index in [4.69, 9.17) is 4.74 Å². The summed E-state index contributed by atoms with van der Waals surface area (Å²) < 4.78 is 72.1. The lowest BCUT2D eigenvalue weighted by atomic mass is 10.0. The third-order valence-corrected chi connectivity index (χ3v) is 8.12. The molecule has 1 aliphatic rings. The molecule has 2 aromatic rings. The number of halogens is 1. The number of hydrogen-bond acceptors (Lipinski definition) is 5. The van der Waals surface area contributed by atoms with Crippen LogP contribution in [0.25, 0.3) is 0 Å². The maximum absolute atomic E-state index is 13.1. The van der Waals surface area contributed by atoms with E-state index in [0.717, 1.165) is 43.2 Å². The zero-order valence-corrected chi connectivity index (χ0v) is 17.0. The van der Waals surface area contributed by atoms with Gasteiger partial charge >= 0.3 is 0 Å². The molecular formula is C19H22FNO5S2. The fourth-order valence-electron chi connectivity index (χ4n) is 3.04. The van der Waals surface area contributed by atoms with E-state index in [1.807, 2.05) is 0 Å². The molecule has 3 rings (SSSR count). The first kappa shape index (κ1) is 20.9. The molecule has 0 saturated carbocycles. The molecule has 28 heavy (non-hydrogen) atoms. The number of aryl methyl sites for hydroxylation is 1. The highest BCUT2D eigenvalue weighted by atomic mass is 32.2. The van der Waals surface area contributed by atoms with Crippen molar-refractivity contribution >= 4 is 19.9 Å². The second-order valence-electron chi connectivity index (χ2n) is 6.79. The third kappa shape index (κ3) is 4.60. The van der Waals surface area contributed by atoms with Gasteiger partial charge in [-0.2, -0.15) is 0 Å². The summed E-state index contributed by atoms with van der Waals surface area (Å²) in [6.45, 7) is 3.10. The number of hydrogen-bond donors (Lipinski definition) is 1. The number of sulfone groups is 1. The van der Waals surface area contributed by atoms with Crippen molar-refractivity contribution in [1.29, 1.82) is 0 Å². The van der Waals surface area contributed by atoms with Crippen LogP contribution >= 0.6 is 0 Å². The molecule has 9 heteroatoms. The minimum atomic E-state index is -3.97. The Kier molecular flexibility index (Phi) is 6.18. The lowest BCUT2D eigenvalue weighted by molar-refractivity contribution is 0.0678. The zero-order chi connectivity index (χ0) is 20.4. The zero-order valence-electron chi connectivity index (χ0n) is 15.4. The van der Waals surface area contributed by atoms with Gasteiger partial charge in [0, 0.05) is 19.8 Å². The minimum Gasteiger partial charge on any atom is -0.381 e. The minimum absolute atomic E-state index is 0.0808. The van der Waals surface area contributed by atoms with Crippen molar-refractivity contribution in [3.63, 3.8) is 0 Å². The molecule has 1 N–H and O–H groups in total. The Labute approximate surface area is 164 Å². The Morgan fingerprint density at radius 1 is 1.00 bits per heavy atom. The smallest absolute Gasteiger partial charge is 0.240 e. The van der Waals surface area contributed by atoms with E-state index < -0.39 is 25.7 Å². The Morgan fingerprint density at radius 2 is 1.61 bits per heavy atom. The van der Waals surface area contributed by atoms with Crippen molar-refractivity contribution in [2.75, 3.05) is 19.8 Å². The Balaban J connectivity index is 1.89. The summed E-state index contributed by atoms with van der Waals surface area (Å²) in [6.07, 6.45) is 1.56. The monoisotopic (exact) mass is 427 g/mol. The second kappa shape index (κ2) is 8.28. The van der Waals surface area contributed by atoms with Crippen molar-refractivity contribution in [2.45, 2.75) is 34.5 Å². The van der Waals surface area contributed by atoms with Gasteiger partial charge in [-0.25, -0.2) is 25.9 Å². The highest BCUT2D eigenvalue weighted by molar-refractivity contribution is 7.91. The summed E-state index contributed by atoms with van der Waals surface area (Å²) >= 11 is 0. The first-order chi connectivity index (χ1) is 13.2. The molecule has 2 aromatic carbocycles. The van der Waals surface area contributed by atoms with Gasteiger partial charge in [0.05, 0.1) is 14.7 Å². The van der Waals surface area contributed by atoms with Crippen molar-refractivity contribution in [1.82, 2.24) is 4.72 Å². The molecule has 0 aromatic heterocycles. The lowest BCUT2D eigenvalue weighted by Crippen LogP contribution is -2.32. The van der Waals surface area contributed by atoms with Gasteiger partial charge in [0.25, 0.3) is 0 Å². The molecule has 1 fully saturated rings. The number of ether oxygens (including phenoxy) is 1. The molecule has 1 aliphatic heterocycles. The molecule has 6 nitrogen and oxygen atoms in total. The molecule has 0 atom stereocenters. The van der Waals surface area contributed by atoms with Crippen molar-refractivity contribution < 1.29 is 26.0 Å². The average Bonchev–Trinajstić information content (AvgIpc) is 2.68. The van der Waals surface area contributed by atoms with Gasteiger partial charge in [0.2, 0.25) is 19.9 Å². The number of nitrogens with one attached hydrogen (secondary N) is 1. The van der Waals surface area contributed by atoms with Crippen LogP contribution in [0.15, 0.2) is 57.2 Å². The van der Waals surface area contributed by atoms with E-state index in [9.17, 15) is 21.2 Å². The first-order valence-electron chi connectivity index (χ1n) is 8.89. The predicted molar refractivity (Wildman–Crippen MR) is 102 cm³/mol. The molecule has 0 aliphatic carbocycles. The Bertz CT molecular complexity index is 1040. The molecule has 1 saturated heterocycles. The van der Waals surface area contributed by atoms with E-state index in [2.05, 4.69) is 4.72 Å². The summed E-state index contributed by atoms with van der Waals surface area (Å²) in [6, 6.07) is 8.37. The lowest BCUT2D eigenvalue weighted by Gasteiger charge is -2.22. The van der Waals surface area contributed by atoms with Crippen LogP contribution in [0.4, 0.5) is 4.39 Å². The SMILES string of the molecule is Cc1ccc(S(=O)(=O)c2ccc(F)cc2)cc1S(=O)(=O)NCC1CCOCC1. The summed E-state index contributed by atoms with van der Waals surface area (Å²) in [5.41, 5.74) is 0.442. The van der Waals surface area contributed by atoms with Crippen LogP contribution in [0.3, 0.4) is 0 Å². The van der Waals surface area contributed by atoms with E-state index in [1.54, 1.807) is 6.92 Å². The van der Waals surface area contributed by atoms with Crippen LogP contribution in [0.2, 0.25) is 0 Å². The van der Waals surface area contributed by atoms with Crippen molar-refractivity contribution in [2.24, 2.45) is 5.92 Å². The van der Waals surface area contributed by atoms with Crippen LogP contribution in [0.1, 0.15) is 18.4 Å². The predicted octanol–water partition coefficient (Wildman–Crippen LogP) is 2.67. The quantitative estimate of drug-likeness (QED) is 0.716. The van der Waals surface area contributed by atoms with E-state index >= 15 is 0 Å². The van der Waals surface area contributed by atoms with Crippen LogP contribution in [-0.4, -0.2) is 36.6 Å². The second-order valence-corrected chi connectivity index (χ2v) is 10.5. The largest absolute Gasteiger partial charge is 0.381 e. The van der Waals surface area contributed by atoms with Gasteiger partial charge in [-0.05, 0) is 67.6 Å².